The number of fused-ring (bicyclic) bond motifs is 7. The molecule has 0 spiro atoms. The number of rotatable bonds is 5. The minimum atomic E-state index is -1.49. The Bertz CT molecular complexity index is 1950. The Balaban J connectivity index is 1.84. The summed E-state index contributed by atoms with van der Waals surface area (Å²) < 4.78 is 16.8. The molecule has 3 nitrogen and oxygen atoms in total. The first-order valence-corrected chi connectivity index (χ1v) is 15.8. The average Bonchev–Trinajstić information content (AvgIpc) is 3.19. The van der Waals surface area contributed by atoms with E-state index in [1.54, 1.807) is 0 Å². The molecule has 0 saturated carbocycles. The molecular formula is C38H34NO2P. The summed E-state index contributed by atoms with van der Waals surface area (Å²) in [6.45, 7) is 8.88. The van der Waals surface area contributed by atoms with Crippen LogP contribution in [0.25, 0.3) is 65.7 Å². The van der Waals surface area contributed by atoms with Crippen LogP contribution in [0, 0.1) is 0 Å². The largest absolute Gasteiger partial charge is 0.407 e. The summed E-state index contributed by atoms with van der Waals surface area (Å²) in [5.41, 5.74) is 6.35. The SMILES string of the molecule is CC(C)N(C(C)C)p1oc2c3ccccc3cc(-c3ccccc3)c2c2c(-c3ccccc3)cc3ccccc3c2o1. The number of hydrogen-bond donors (Lipinski definition) is 0. The van der Waals surface area contributed by atoms with Gasteiger partial charge in [0.1, 0.15) is 0 Å². The minimum absolute atomic E-state index is 0.230. The standard InChI is InChI=1S/C38H34NO2P/c1-25(2)39(26(3)4)42-40-37-31-21-13-11-19-29(31)23-33(27-15-7-5-8-16-27)35(37)36-34(28-17-9-6-10-18-28)24-30-20-12-14-22-32(30)38(36)41-42/h5-26H,1-4H3. The monoisotopic (exact) mass is 567 g/mol. The van der Waals surface area contributed by atoms with Crippen molar-refractivity contribution in [3.05, 3.63) is 121 Å². The summed E-state index contributed by atoms with van der Waals surface area (Å²) in [5.74, 6) is 0. The van der Waals surface area contributed by atoms with E-state index in [0.29, 0.717) is 0 Å². The van der Waals surface area contributed by atoms with E-state index in [4.69, 9.17) is 8.39 Å². The smallest absolute Gasteiger partial charge is 0.310 e. The summed E-state index contributed by atoms with van der Waals surface area (Å²) >= 11 is 0. The molecule has 0 aliphatic heterocycles. The van der Waals surface area contributed by atoms with Crippen LogP contribution in [0.1, 0.15) is 27.7 Å². The normalized spacial score (nSPS) is 12.0. The van der Waals surface area contributed by atoms with Crippen LogP contribution in [-0.2, 0) is 0 Å². The van der Waals surface area contributed by atoms with Crippen LogP contribution < -0.4 is 4.67 Å². The maximum atomic E-state index is 7.21. The first-order chi connectivity index (χ1) is 20.5. The van der Waals surface area contributed by atoms with Crippen LogP contribution in [0.15, 0.2) is 130 Å². The molecule has 4 heteroatoms. The van der Waals surface area contributed by atoms with Crippen molar-refractivity contribution in [2.75, 3.05) is 4.67 Å². The Morgan fingerprint density at radius 1 is 0.500 bits per heavy atom. The second-order valence-electron chi connectivity index (χ2n) is 11.4. The molecule has 0 amide bonds. The zero-order valence-corrected chi connectivity index (χ0v) is 25.3. The maximum Gasteiger partial charge on any atom is 0.310 e. The molecule has 7 aromatic rings. The van der Waals surface area contributed by atoms with Gasteiger partial charge >= 0.3 is 8.16 Å². The lowest BCUT2D eigenvalue weighted by Gasteiger charge is -2.26. The van der Waals surface area contributed by atoms with Crippen LogP contribution in [0.5, 0.6) is 0 Å². The summed E-state index contributed by atoms with van der Waals surface area (Å²) in [7, 11) is -1.49. The Hall–Kier alpha value is -4.30. The zero-order chi connectivity index (χ0) is 28.8. The van der Waals surface area contributed by atoms with Gasteiger partial charge in [-0.05, 0) is 72.9 Å². The van der Waals surface area contributed by atoms with Gasteiger partial charge in [-0.1, -0.05) is 109 Å². The topological polar surface area (TPSA) is 29.5 Å². The van der Waals surface area contributed by atoms with Gasteiger partial charge in [0, 0.05) is 33.6 Å². The third-order valence-corrected chi connectivity index (χ3v) is 9.99. The van der Waals surface area contributed by atoms with Crippen LogP contribution >= 0.6 is 8.16 Å². The molecule has 0 saturated heterocycles. The molecule has 0 atom stereocenters. The van der Waals surface area contributed by atoms with Crippen molar-refractivity contribution in [1.82, 2.24) is 0 Å². The molecule has 1 aromatic heterocycles. The van der Waals surface area contributed by atoms with Gasteiger partial charge in [0.2, 0.25) is 0 Å². The Morgan fingerprint density at radius 2 is 0.881 bits per heavy atom. The van der Waals surface area contributed by atoms with Gasteiger partial charge in [0.25, 0.3) is 0 Å². The van der Waals surface area contributed by atoms with Crippen molar-refractivity contribution in [3.63, 3.8) is 0 Å². The molecule has 7 rings (SSSR count). The summed E-state index contributed by atoms with van der Waals surface area (Å²) in [4.78, 5) is 0. The molecule has 208 valence electrons. The second-order valence-corrected chi connectivity index (χ2v) is 12.7. The van der Waals surface area contributed by atoms with Crippen molar-refractivity contribution in [3.8, 4) is 22.3 Å². The first kappa shape index (κ1) is 26.6. The molecule has 0 radical (unpaired) electrons. The lowest BCUT2D eigenvalue weighted by molar-refractivity contribution is 0.572. The Kier molecular flexibility index (Phi) is 6.86. The second kappa shape index (κ2) is 10.8. The molecule has 6 aromatic carbocycles. The molecular weight excluding hydrogens is 533 g/mol. The fourth-order valence-corrected chi connectivity index (χ4v) is 7.92. The fourth-order valence-electron chi connectivity index (χ4n) is 6.25. The average molecular weight is 568 g/mol. The maximum absolute atomic E-state index is 7.21. The predicted octanol–water partition coefficient (Wildman–Crippen LogP) is 11.7. The van der Waals surface area contributed by atoms with E-state index < -0.39 is 8.16 Å². The van der Waals surface area contributed by atoms with E-state index in [1.165, 1.54) is 0 Å². The van der Waals surface area contributed by atoms with E-state index in [-0.39, 0.29) is 12.1 Å². The molecule has 0 aliphatic carbocycles. The van der Waals surface area contributed by atoms with Crippen LogP contribution in [0.2, 0.25) is 0 Å². The number of nitrogens with zero attached hydrogens (tertiary/aromatic N) is 1. The lowest BCUT2D eigenvalue weighted by atomic mass is 9.90. The van der Waals surface area contributed by atoms with Crippen LogP contribution in [0.3, 0.4) is 0 Å². The highest BCUT2D eigenvalue weighted by molar-refractivity contribution is 7.39. The zero-order valence-electron chi connectivity index (χ0n) is 24.4. The molecule has 0 unspecified atom stereocenters. The molecule has 42 heavy (non-hydrogen) atoms. The summed E-state index contributed by atoms with van der Waals surface area (Å²) in [6.07, 6.45) is 0. The highest BCUT2D eigenvalue weighted by Gasteiger charge is 2.25. The quantitative estimate of drug-likeness (QED) is 0.207. The molecule has 0 N–H and O–H groups in total. The van der Waals surface area contributed by atoms with Gasteiger partial charge < -0.3 is 8.39 Å². The lowest BCUT2D eigenvalue weighted by Crippen LogP contribution is -2.34. The van der Waals surface area contributed by atoms with Crippen molar-refractivity contribution in [1.29, 1.82) is 0 Å². The van der Waals surface area contributed by atoms with Gasteiger partial charge in [0.05, 0.1) is 0 Å². The third kappa shape index (κ3) is 4.50. The van der Waals surface area contributed by atoms with Crippen LogP contribution in [0.4, 0.5) is 0 Å². The third-order valence-electron chi connectivity index (χ3n) is 8.01. The van der Waals surface area contributed by atoms with Gasteiger partial charge in [-0.2, -0.15) is 4.67 Å². The van der Waals surface area contributed by atoms with E-state index in [1.807, 2.05) is 0 Å². The highest BCUT2D eigenvalue weighted by Crippen LogP contribution is 2.48. The van der Waals surface area contributed by atoms with Gasteiger partial charge in [-0.15, -0.1) is 0 Å². The van der Waals surface area contributed by atoms with E-state index >= 15 is 0 Å². The van der Waals surface area contributed by atoms with Gasteiger partial charge in [-0.25, -0.2) is 0 Å². The number of benzene rings is 6. The Labute approximate surface area is 247 Å². The van der Waals surface area contributed by atoms with Crippen LogP contribution in [-0.4, -0.2) is 12.1 Å². The van der Waals surface area contributed by atoms with Crippen molar-refractivity contribution < 1.29 is 8.39 Å². The van der Waals surface area contributed by atoms with Crippen molar-refractivity contribution >= 4 is 51.6 Å². The molecule has 1 heterocycles. The summed E-state index contributed by atoms with van der Waals surface area (Å²) in [6, 6.07) is 43.6. The van der Waals surface area contributed by atoms with Gasteiger partial charge in [-0.3, -0.25) is 0 Å². The molecule has 0 aliphatic rings. The minimum Gasteiger partial charge on any atom is -0.407 e. The molecule has 0 bridgehead atoms. The van der Waals surface area contributed by atoms with Gasteiger partial charge in [0.15, 0.2) is 11.2 Å². The highest BCUT2D eigenvalue weighted by atomic mass is 31.1. The van der Waals surface area contributed by atoms with E-state index in [2.05, 4.69) is 154 Å². The summed E-state index contributed by atoms with van der Waals surface area (Å²) in [5, 5.41) is 6.65. The fraction of sp³-hybridized carbons (Fsp3) is 0.158. The molecule has 0 fully saturated rings. The van der Waals surface area contributed by atoms with Crippen molar-refractivity contribution in [2.24, 2.45) is 0 Å². The predicted molar refractivity (Wildman–Crippen MR) is 181 cm³/mol. The van der Waals surface area contributed by atoms with E-state index in [0.717, 1.165) is 65.7 Å². The van der Waals surface area contributed by atoms with Crippen molar-refractivity contribution in [2.45, 2.75) is 39.8 Å². The Morgan fingerprint density at radius 3 is 1.29 bits per heavy atom. The van der Waals surface area contributed by atoms with E-state index in [9.17, 15) is 0 Å². The number of hydrogen-bond acceptors (Lipinski definition) is 3. The first-order valence-electron chi connectivity index (χ1n) is 14.7.